The first kappa shape index (κ1) is 22.9. The second kappa shape index (κ2) is 11.6. The summed E-state index contributed by atoms with van der Waals surface area (Å²) in [6.07, 6.45) is 2.25. The maximum Gasteiger partial charge on any atom is 2.00 e. The first-order chi connectivity index (χ1) is 13.6. The molecule has 0 aliphatic heterocycles. The Hall–Kier alpha value is -2.34. The van der Waals surface area contributed by atoms with Gasteiger partial charge in [0.25, 0.3) is 0 Å². The second-order valence-corrected chi connectivity index (χ2v) is 8.02. The molecule has 0 nitrogen and oxygen atoms in total. The molecule has 150 valence electrons. The first-order valence-corrected chi connectivity index (χ1v) is 10.1. The van der Waals surface area contributed by atoms with Crippen molar-refractivity contribution in [1.82, 2.24) is 0 Å². The van der Waals surface area contributed by atoms with Gasteiger partial charge in [-0.2, -0.15) is 35.9 Å². The van der Waals surface area contributed by atoms with Crippen LogP contribution in [0.3, 0.4) is 0 Å². The summed E-state index contributed by atoms with van der Waals surface area (Å²) in [5.41, 5.74) is 4.46. The van der Waals surface area contributed by atoms with Crippen LogP contribution in [0.4, 0.5) is 0 Å². The summed E-state index contributed by atoms with van der Waals surface area (Å²) >= 11 is 0. The summed E-state index contributed by atoms with van der Waals surface area (Å²) < 4.78 is 0. The zero-order chi connectivity index (χ0) is 19.7. The average molecular weight is 422 g/mol. The van der Waals surface area contributed by atoms with Gasteiger partial charge in [-0.1, -0.05) is 74.5 Å². The Labute approximate surface area is 186 Å². The van der Waals surface area contributed by atoms with Crippen molar-refractivity contribution in [2.24, 2.45) is 0 Å². The van der Waals surface area contributed by atoms with Gasteiger partial charge in [0.15, 0.2) is 0 Å². The first-order valence-electron chi connectivity index (χ1n) is 10.1. The quantitative estimate of drug-likeness (QED) is 0.223. The van der Waals surface area contributed by atoms with Crippen LogP contribution in [0.2, 0.25) is 0 Å². The van der Waals surface area contributed by atoms with E-state index in [9.17, 15) is 0 Å². The van der Waals surface area contributed by atoms with Gasteiger partial charge in [-0.3, -0.25) is 0 Å². The van der Waals surface area contributed by atoms with Gasteiger partial charge in [0, 0.05) is 0 Å². The molecule has 4 aromatic rings. The number of hydrogen-bond acceptors (Lipinski definition) is 0. The molecule has 0 aliphatic carbocycles. The van der Waals surface area contributed by atoms with Crippen LogP contribution in [0.15, 0.2) is 115 Å². The molecule has 0 heterocycles. The van der Waals surface area contributed by atoms with Crippen molar-refractivity contribution < 1.29 is 17.1 Å². The summed E-state index contributed by atoms with van der Waals surface area (Å²) in [5.74, 6) is 0.536. The molecule has 0 fully saturated rings. The molecule has 4 aromatic carbocycles. The molecule has 1 heteroatoms. The van der Waals surface area contributed by atoms with E-state index >= 15 is 0 Å². The van der Waals surface area contributed by atoms with E-state index in [0.717, 1.165) is 12.8 Å². The van der Waals surface area contributed by atoms with Crippen molar-refractivity contribution in [3.05, 3.63) is 132 Å². The molecule has 29 heavy (non-hydrogen) atoms. The molecule has 0 spiro atoms. The molecule has 1 atom stereocenters. The molecule has 0 radical (unpaired) electrons. The van der Waals surface area contributed by atoms with Crippen LogP contribution in [0.5, 0.6) is 0 Å². The van der Waals surface area contributed by atoms with Crippen molar-refractivity contribution in [2.75, 3.05) is 0 Å². The maximum absolute atomic E-state index is 2.36. The van der Waals surface area contributed by atoms with Crippen LogP contribution in [0.1, 0.15) is 42.9 Å². The SMILES string of the molecule is CC(C)(CC(Cc1ccc[cH-]1)c1ccccc1)c1ccccc1.[Fe+2].c1cc[cH-]c1. The predicted molar refractivity (Wildman–Crippen MR) is 121 cm³/mol. The number of benzene rings is 2. The van der Waals surface area contributed by atoms with Crippen LogP contribution in [0, 0.1) is 0 Å². The molecular weight excluding hydrogens is 392 g/mol. The largest absolute Gasteiger partial charge is 2.00 e. The molecule has 0 aliphatic rings. The van der Waals surface area contributed by atoms with Crippen molar-refractivity contribution in [2.45, 2.75) is 38.0 Å². The van der Waals surface area contributed by atoms with E-state index in [2.05, 4.69) is 98.8 Å². The van der Waals surface area contributed by atoms with Crippen LogP contribution in [0.25, 0.3) is 0 Å². The molecule has 0 N–H and O–H groups in total. The van der Waals surface area contributed by atoms with E-state index < -0.39 is 0 Å². The van der Waals surface area contributed by atoms with E-state index in [1.54, 1.807) is 0 Å². The van der Waals surface area contributed by atoms with Crippen molar-refractivity contribution >= 4 is 0 Å². The third-order valence-electron chi connectivity index (χ3n) is 5.35. The Morgan fingerprint density at radius 1 is 0.724 bits per heavy atom. The molecule has 0 bridgehead atoms. The topological polar surface area (TPSA) is 0 Å². The van der Waals surface area contributed by atoms with E-state index in [1.807, 2.05) is 30.3 Å². The van der Waals surface area contributed by atoms with Gasteiger partial charge in [-0.05, 0) is 35.3 Å². The minimum absolute atomic E-state index is 0. The van der Waals surface area contributed by atoms with Gasteiger partial charge in [0.1, 0.15) is 0 Å². The van der Waals surface area contributed by atoms with Gasteiger partial charge < -0.3 is 0 Å². The summed E-state index contributed by atoms with van der Waals surface area (Å²) in [4.78, 5) is 0. The smallest absolute Gasteiger partial charge is 0.214 e. The number of rotatable bonds is 6. The van der Waals surface area contributed by atoms with Gasteiger partial charge in [0.2, 0.25) is 0 Å². The third kappa shape index (κ3) is 7.20. The normalized spacial score (nSPS) is 11.7. The molecule has 0 amide bonds. The average Bonchev–Trinajstić information content (AvgIpc) is 3.46. The maximum atomic E-state index is 2.36. The molecule has 0 aromatic heterocycles. The third-order valence-corrected chi connectivity index (χ3v) is 5.35. The summed E-state index contributed by atoms with van der Waals surface area (Å²) in [6, 6.07) is 40.6. The minimum Gasteiger partial charge on any atom is -0.214 e. The monoisotopic (exact) mass is 422 g/mol. The molecule has 0 saturated heterocycles. The Balaban J connectivity index is 0.000000437. The number of hydrogen-bond donors (Lipinski definition) is 0. The Morgan fingerprint density at radius 2 is 1.34 bits per heavy atom. The molecule has 4 rings (SSSR count). The summed E-state index contributed by atoms with van der Waals surface area (Å²) in [7, 11) is 0. The minimum atomic E-state index is 0. The van der Waals surface area contributed by atoms with Crippen molar-refractivity contribution in [3.8, 4) is 0 Å². The second-order valence-electron chi connectivity index (χ2n) is 8.02. The van der Waals surface area contributed by atoms with Crippen LogP contribution < -0.4 is 0 Å². The predicted octanol–water partition coefficient (Wildman–Crippen LogP) is 7.50. The molecule has 0 saturated carbocycles. The van der Waals surface area contributed by atoms with Gasteiger partial charge >= 0.3 is 17.1 Å². The van der Waals surface area contributed by atoms with E-state index in [1.165, 1.54) is 16.7 Å². The fourth-order valence-corrected chi connectivity index (χ4v) is 3.81. The van der Waals surface area contributed by atoms with Crippen LogP contribution in [-0.4, -0.2) is 0 Å². The van der Waals surface area contributed by atoms with Crippen LogP contribution in [-0.2, 0) is 28.9 Å². The van der Waals surface area contributed by atoms with E-state index in [-0.39, 0.29) is 22.5 Å². The van der Waals surface area contributed by atoms with Gasteiger partial charge in [-0.25, -0.2) is 24.3 Å². The Bertz CT molecular complexity index is 855. The molecule has 1 unspecified atom stereocenters. The Kier molecular flexibility index (Phi) is 9.19. The Morgan fingerprint density at radius 3 is 1.86 bits per heavy atom. The van der Waals surface area contributed by atoms with Crippen molar-refractivity contribution in [1.29, 1.82) is 0 Å². The fraction of sp³-hybridized carbons (Fsp3) is 0.214. The standard InChI is InChI=1S/C23H25.C5H5.Fe/c1-23(2,22-15-7-4-8-16-22)18-21(17-19-11-9-10-12-19)20-13-5-3-6-14-20;1-2-4-5-3-1;/h3-16,21H,17-18H2,1-2H3;1-5H;/q2*-1;+2. The van der Waals surface area contributed by atoms with Gasteiger partial charge in [0.05, 0.1) is 0 Å². The van der Waals surface area contributed by atoms with E-state index in [0.29, 0.717) is 5.92 Å². The van der Waals surface area contributed by atoms with Crippen molar-refractivity contribution in [3.63, 3.8) is 0 Å². The fourth-order valence-electron chi connectivity index (χ4n) is 3.81. The zero-order valence-electron chi connectivity index (χ0n) is 17.3. The van der Waals surface area contributed by atoms with E-state index in [4.69, 9.17) is 0 Å². The van der Waals surface area contributed by atoms with Gasteiger partial charge in [-0.15, -0.1) is 0 Å². The summed E-state index contributed by atoms with van der Waals surface area (Å²) in [5, 5.41) is 0. The van der Waals surface area contributed by atoms with Crippen LogP contribution >= 0.6 is 0 Å². The zero-order valence-corrected chi connectivity index (χ0v) is 18.4. The summed E-state index contributed by atoms with van der Waals surface area (Å²) in [6.45, 7) is 4.73. The molecular formula is C28H30Fe.